The van der Waals surface area contributed by atoms with E-state index in [-0.39, 0.29) is 0 Å². The van der Waals surface area contributed by atoms with Crippen molar-refractivity contribution in [3.05, 3.63) is 16.9 Å². The summed E-state index contributed by atoms with van der Waals surface area (Å²) < 4.78 is 13.2. The normalized spacial score (nSPS) is 25.0. The zero-order chi connectivity index (χ0) is 13.5. The Morgan fingerprint density at radius 2 is 1.95 bits per heavy atom. The summed E-state index contributed by atoms with van der Waals surface area (Å²) in [5.74, 6) is -0.476. The van der Waals surface area contributed by atoms with Crippen LogP contribution in [0.3, 0.4) is 0 Å². The largest absolute Gasteiger partial charge is 0.384 e. The van der Waals surface area contributed by atoms with Crippen LogP contribution in [0.15, 0.2) is 6.20 Å². The van der Waals surface area contributed by atoms with Gasteiger partial charge in [-0.2, -0.15) is 5.10 Å². The maximum Gasteiger partial charge on any atom is 0.168 e. The van der Waals surface area contributed by atoms with Crippen LogP contribution in [0.25, 0.3) is 0 Å². The second-order valence-electron chi connectivity index (χ2n) is 5.30. The van der Waals surface area contributed by atoms with Crippen LogP contribution in [0.4, 0.5) is 0 Å². The fraction of sp³-hybridized carbons (Fsp3) is 0.769. The van der Waals surface area contributed by atoms with Crippen LogP contribution >= 0.6 is 11.6 Å². The van der Waals surface area contributed by atoms with Gasteiger partial charge in [0.1, 0.15) is 5.60 Å². The lowest BCUT2D eigenvalue weighted by molar-refractivity contribution is -0.205. The Kier molecular flexibility index (Phi) is 3.33. The van der Waals surface area contributed by atoms with Crippen molar-refractivity contribution in [3.63, 3.8) is 0 Å². The molecule has 19 heavy (non-hydrogen) atoms. The summed E-state index contributed by atoms with van der Waals surface area (Å²) in [6.45, 7) is 3.98. The molecule has 0 atom stereocenters. The number of nitrogens with zero attached hydrogens (tertiary/aromatic N) is 2. The van der Waals surface area contributed by atoms with Crippen LogP contribution in [-0.4, -0.2) is 33.9 Å². The Bertz CT molecular complexity index is 458. The van der Waals surface area contributed by atoms with E-state index in [0.29, 0.717) is 50.5 Å². The average Bonchev–Trinajstić information content (AvgIpc) is 3.01. The van der Waals surface area contributed by atoms with Gasteiger partial charge in [-0.05, 0) is 19.8 Å². The molecule has 2 fully saturated rings. The van der Waals surface area contributed by atoms with Crippen molar-refractivity contribution < 1.29 is 14.6 Å². The van der Waals surface area contributed by atoms with E-state index in [9.17, 15) is 5.11 Å². The van der Waals surface area contributed by atoms with Crippen LogP contribution in [0.2, 0.25) is 5.02 Å². The van der Waals surface area contributed by atoms with E-state index in [1.165, 1.54) is 0 Å². The highest BCUT2D eigenvalue weighted by molar-refractivity contribution is 6.31. The minimum Gasteiger partial charge on any atom is -0.384 e. The van der Waals surface area contributed by atoms with Crippen LogP contribution in [0.1, 0.15) is 38.3 Å². The highest BCUT2D eigenvalue weighted by Gasteiger charge is 2.48. The molecule has 1 saturated heterocycles. The van der Waals surface area contributed by atoms with Gasteiger partial charge in [-0.1, -0.05) is 11.6 Å². The molecular weight excluding hydrogens is 268 g/mol. The molecule has 3 rings (SSSR count). The number of aryl methyl sites for hydroxylation is 1. The Labute approximate surface area is 117 Å². The monoisotopic (exact) mass is 286 g/mol. The third-order valence-corrected chi connectivity index (χ3v) is 4.46. The molecule has 1 spiro atoms. The molecule has 1 N–H and O–H groups in total. The zero-order valence-electron chi connectivity index (χ0n) is 11.1. The molecule has 2 aliphatic rings. The van der Waals surface area contributed by atoms with Gasteiger partial charge in [0, 0.05) is 19.4 Å². The van der Waals surface area contributed by atoms with Gasteiger partial charge >= 0.3 is 0 Å². The fourth-order valence-electron chi connectivity index (χ4n) is 3.13. The molecule has 0 unspecified atom stereocenters. The Morgan fingerprint density at radius 1 is 1.32 bits per heavy atom. The SMILES string of the molecule is CCn1ncc(Cl)c1C1(O)CCC2(CC1)OCCO2. The van der Waals surface area contributed by atoms with E-state index in [1.807, 2.05) is 6.92 Å². The Hall–Kier alpha value is -0.620. The smallest absolute Gasteiger partial charge is 0.168 e. The third-order valence-electron chi connectivity index (χ3n) is 4.19. The zero-order valence-corrected chi connectivity index (χ0v) is 11.8. The standard InChI is InChI=1S/C13H19ClN2O3/c1-2-16-11(10(14)9-15-16)12(17)3-5-13(6-4-12)18-7-8-19-13/h9,17H,2-8H2,1H3. The lowest BCUT2D eigenvalue weighted by atomic mass is 9.79. The summed E-state index contributed by atoms with van der Waals surface area (Å²) in [5.41, 5.74) is -0.200. The van der Waals surface area contributed by atoms with Gasteiger partial charge in [0.2, 0.25) is 0 Å². The second-order valence-corrected chi connectivity index (χ2v) is 5.70. The molecule has 0 bridgehead atoms. The molecule has 2 heterocycles. The Morgan fingerprint density at radius 3 is 2.53 bits per heavy atom. The first kappa shape index (κ1) is 13.4. The number of hydrogen-bond donors (Lipinski definition) is 1. The van der Waals surface area contributed by atoms with E-state index >= 15 is 0 Å². The first-order valence-electron chi connectivity index (χ1n) is 6.81. The highest BCUT2D eigenvalue weighted by Crippen LogP contribution is 2.46. The topological polar surface area (TPSA) is 56.5 Å². The molecule has 1 saturated carbocycles. The number of aliphatic hydroxyl groups is 1. The molecule has 0 aromatic carbocycles. The number of halogens is 1. The van der Waals surface area contributed by atoms with Crippen molar-refractivity contribution >= 4 is 11.6 Å². The molecule has 6 heteroatoms. The van der Waals surface area contributed by atoms with E-state index in [2.05, 4.69) is 5.10 Å². The lowest BCUT2D eigenvalue weighted by Crippen LogP contribution is -2.43. The molecule has 106 valence electrons. The minimum atomic E-state index is -0.926. The summed E-state index contributed by atoms with van der Waals surface area (Å²) >= 11 is 6.19. The molecule has 1 aliphatic heterocycles. The van der Waals surface area contributed by atoms with Crippen LogP contribution in [-0.2, 0) is 21.6 Å². The maximum atomic E-state index is 10.9. The van der Waals surface area contributed by atoms with Gasteiger partial charge in [-0.25, -0.2) is 0 Å². The third kappa shape index (κ3) is 2.18. The predicted octanol–water partition coefficient (Wildman–Crippen LogP) is 2.06. The highest BCUT2D eigenvalue weighted by atomic mass is 35.5. The van der Waals surface area contributed by atoms with Gasteiger partial charge in [0.15, 0.2) is 5.79 Å². The quantitative estimate of drug-likeness (QED) is 0.904. The molecule has 5 nitrogen and oxygen atoms in total. The summed E-state index contributed by atoms with van der Waals surface area (Å²) in [5, 5.41) is 15.7. The average molecular weight is 287 g/mol. The van der Waals surface area contributed by atoms with Gasteiger partial charge in [0.25, 0.3) is 0 Å². The minimum absolute atomic E-state index is 0.476. The molecule has 1 aromatic rings. The predicted molar refractivity (Wildman–Crippen MR) is 69.9 cm³/mol. The van der Waals surface area contributed by atoms with Gasteiger partial charge in [-0.3, -0.25) is 4.68 Å². The van der Waals surface area contributed by atoms with Crippen LogP contribution in [0, 0.1) is 0 Å². The van der Waals surface area contributed by atoms with E-state index in [1.54, 1.807) is 10.9 Å². The molecule has 1 aromatic heterocycles. The summed E-state index contributed by atoms with van der Waals surface area (Å²) in [6.07, 6.45) is 4.14. The number of rotatable bonds is 2. The lowest BCUT2D eigenvalue weighted by Gasteiger charge is -2.40. The van der Waals surface area contributed by atoms with Crippen molar-refractivity contribution in [3.8, 4) is 0 Å². The van der Waals surface area contributed by atoms with Gasteiger partial charge in [-0.15, -0.1) is 0 Å². The summed E-state index contributed by atoms with van der Waals surface area (Å²) in [6, 6.07) is 0. The van der Waals surface area contributed by atoms with Crippen molar-refractivity contribution in [1.82, 2.24) is 9.78 Å². The van der Waals surface area contributed by atoms with Crippen molar-refractivity contribution in [2.45, 2.75) is 50.5 Å². The van der Waals surface area contributed by atoms with Crippen molar-refractivity contribution in [2.24, 2.45) is 0 Å². The van der Waals surface area contributed by atoms with Crippen LogP contribution in [0.5, 0.6) is 0 Å². The first-order chi connectivity index (χ1) is 9.09. The van der Waals surface area contributed by atoms with Gasteiger partial charge < -0.3 is 14.6 Å². The Balaban J connectivity index is 1.83. The van der Waals surface area contributed by atoms with Crippen molar-refractivity contribution in [2.75, 3.05) is 13.2 Å². The van der Waals surface area contributed by atoms with Crippen LogP contribution < -0.4 is 0 Å². The van der Waals surface area contributed by atoms with Crippen molar-refractivity contribution in [1.29, 1.82) is 0 Å². The summed E-state index contributed by atoms with van der Waals surface area (Å²) in [7, 11) is 0. The molecule has 0 amide bonds. The number of ether oxygens (including phenoxy) is 2. The number of hydrogen-bond acceptors (Lipinski definition) is 4. The number of aromatic nitrogens is 2. The molecule has 0 radical (unpaired) electrons. The second kappa shape index (κ2) is 4.74. The molecular formula is C13H19ClN2O3. The maximum absolute atomic E-state index is 10.9. The first-order valence-corrected chi connectivity index (χ1v) is 7.18. The van der Waals surface area contributed by atoms with E-state index in [0.717, 1.165) is 5.69 Å². The summed E-state index contributed by atoms with van der Waals surface area (Å²) in [4.78, 5) is 0. The van der Waals surface area contributed by atoms with Gasteiger partial charge in [0.05, 0.1) is 30.1 Å². The van der Waals surface area contributed by atoms with E-state index in [4.69, 9.17) is 21.1 Å². The fourth-order valence-corrected chi connectivity index (χ4v) is 3.45. The molecule has 1 aliphatic carbocycles. The van der Waals surface area contributed by atoms with E-state index < -0.39 is 11.4 Å².